The Hall–Kier alpha value is -1.35. The minimum atomic E-state index is 0.0999. The summed E-state index contributed by atoms with van der Waals surface area (Å²) in [5.41, 5.74) is 1.17. The second-order valence-corrected chi connectivity index (χ2v) is 5.19. The van der Waals surface area contributed by atoms with E-state index in [-0.39, 0.29) is 11.9 Å². The Morgan fingerprint density at radius 3 is 2.56 bits per heavy atom. The van der Waals surface area contributed by atoms with Gasteiger partial charge in [0.15, 0.2) is 6.54 Å². The molecule has 1 saturated heterocycles. The highest BCUT2D eigenvalue weighted by atomic mass is 16.2. The van der Waals surface area contributed by atoms with Crippen molar-refractivity contribution >= 4 is 5.91 Å². The van der Waals surface area contributed by atoms with Gasteiger partial charge in [-0.25, -0.2) is 0 Å². The summed E-state index contributed by atoms with van der Waals surface area (Å²) in [6, 6.07) is 10.2. The van der Waals surface area contributed by atoms with E-state index in [1.807, 2.05) is 25.1 Å². The number of hydrogen-bond acceptors (Lipinski definition) is 1. The predicted molar refractivity (Wildman–Crippen MR) is 72.4 cm³/mol. The molecule has 0 radical (unpaired) electrons. The van der Waals surface area contributed by atoms with Crippen molar-refractivity contribution in [2.75, 3.05) is 19.6 Å². The molecule has 0 aliphatic carbocycles. The van der Waals surface area contributed by atoms with Gasteiger partial charge in [0.25, 0.3) is 5.91 Å². The lowest BCUT2D eigenvalue weighted by atomic mass is 10.1. The molecule has 0 unspecified atom stereocenters. The maximum absolute atomic E-state index is 12.0. The van der Waals surface area contributed by atoms with Gasteiger partial charge in [-0.05, 0) is 31.7 Å². The monoisotopic (exact) mass is 247 g/mol. The van der Waals surface area contributed by atoms with Crippen LogP contribution in [-0.4, -0.2) is 25.5 Å². The van der Waals surface area contributed by atoms with Crippen molar-refractivity contribution in [3.05, 3.63) is 35.9 Å². The van der Waals surface area contributed by atoms with E-state index >= 15 is 0 Å². The van der Waals surface area contributed by atoms with Crippen LogP contribution in [0.2, 0.25) is 0 Å². The first kappa shape index (κ1) is 13.1. The number of amides is 1. The van der Waals surface area contributed by atoms with Crippen LogP contribution in [0.3, 0.4) is 0 Å². The largest absolute Gasteiger partial charge is 0.345 e. The zero-order valence-corrected chi connectivity index (χ0v) is 11.1. The Kier molecular flexibility index (Phi) is 4.76. The summed E-state index contributed by atoms with van der Waals surface area (Å²) in [4.78, 5) is 13.4. The molecule has 18 heavy (non-hydrogen) atoms. The average molecular weight is 247 g/mol. The minimum absolute atomic E-state index is 0.0999. The Morgan fingerprint density at radius 2 is 1.89 bits per heavy atom. The third kappa shape index (κ3) is 3.84. The summed E-state index contributed by atoms with van der Waals surface area (Å²) in [6.07, 6.45) is 3.85. The predicted octanol–water partition coefficient (Wildman–Crippen LogP) is 0.933. The zero-order chi connectivity index (χ0) is 12.8. The van der Waals surface area contributed by atoms with E-state index in [2.05, 4.69) is 17.4 Å². The molecule has 2 rings (SSSR count). The Balaban J connectivity index is 1.80. The number of hydrogen-bond donors (Lipinski definition) is 2. The van der Waals surface area contributed by atoms with Crippen LogP contribution >= 0.6 is 0 Å². The van der Waals surface area contributed by atoms with Gasteiger partial charge in [-0.2, -0.15) is 0 Å². The molecule has 1 aromatic rings. The molecule has 1 heterocycles. The van der Waals surface area contributed by atoms with Crippen molar-refractivity contribution in [1.29, 1.82) is 0 Å². The topological polar surface area (TPSA) is 33.5 Å². The van der Waals surface area contributed by atoms with Crippen LogP contribution < -0.4 is 10.2 Å². The number of rotatable bonds is 4. The number of benzene rings is 1. The first-order chi connectivity index (χ1) is 8.75. The fourth-order valence-electron chi connectivity index (χ4n) is 2.57. The molecule has 1 aliphatic rings. The fourth-order valence-corrected chi connectivity index (χ4v) is 2.57. The molecule has 2 N–H and O–H groups in total. The van der Waals surface area contributed by atoms with Gasteiger partial charge in [0, 0.05) is 0 Å². The molecule has 0 bridgehead atoms. The SMILES string of the molecule is C[C@H](NC(=O)C[NH+]1CCCCC1)c1ccccc1. The number of carbonyl (C=O) groups excluding carboxylic acids is 1. The van der Waals surface area contributed by atoms with Crippen LogP contribution in [0.5, 0.6) is 0 Å². The average Bonchev–Trinajstić information content (AvgIpc) is 2.40. The molecule has 98 valence electrons. The van der Waals surface area contributed by atoms with Crippen LogP contribution in [0, 0.1) is 0 Å². The Morgan fingerprint density at radius 1 is 1.22 bits per heavy atom. The van der Waals surface area contributed by atoms with Gasteiger partial charge in [0.05, 0.1) is 19.1 Å². The molecular formula is C15H23N2O+. The molecule has 0 spiro atoms. The second kappa shape index (κ2) is 6.55. The fraction of sp³-hybridized carbons (Fsp3) is 0.533. The van der Waals surface area contributed by atoms with E-state index in [4.69, 9.17) is 0 Å². The van der Waals surface area contributed by atoms with E-state index in [1.165, 1.54) is 29.7 Å². The first-order valence-electron chi connectivity index (χ1n) is 6.93. The second-order valence-electron chi connectivity index (χ2n) is 5.19. The van der Waals surface area contributed by atoms with E-state index in [0.29, 0.717) is 6.54 Å². The summed E-state index contributed by atoms with van der Waals surface area (Å²) >= 11 is 0. The van der Waals surface area contributed by atoms with E-state index < -0.39 is 0 Å². The standard InChI is InChI=1S/C15H22N2O/c1-13(14-8-4-2-5-9-14)16-15(18)12-17-10-6-3-7-11-17/h2,4-5,8-9,13H,3,6-7,10-12H2,1H3,(H,16,18)/p+1/t13-/m0/s1. The van der Waals surface area contributed by atoms with Gasteiger partial charge < -0.3 is 10.2 Å². The molecule has 3 nitrogen and oxygen atoms in total. The normalized spacial score (nSPS) is 18.3. The van der Waals surface area contributed by atoms with Gasteiger partial charge in [-0.1, -0.05) is 30.3 Å². The summed E-state index contributed by atoms with van der Waals surface area (Å²) in [7, 11) is 0. The molecule has 1 aromatic carbocycles. The minimum Gasteiger partial charge on any atom is -0.345 e. The summed E-state index contributed by atoms with van der Waals surface area (Å²) < 4.78 is 0. The van der Waals surface area contributed by atoms with Crippen LogP contribution in [-0.2, 0) is 4.79 Å². The molecule has 1 fully saturated rings. The summed E-state index contributed by atoms with van der Waals surface area (Å²) in [5.74, 6) is 0.170. The molecular weight excluding hydrogens is 224 g/mol. The molecule has 3 heteroatoms. The third-order valence-corrected chi connectivity index (χ3v) is 3.65. The number of carbonyl (C=O) groups is 1. The van der Waals surface area contributed by atoms with Gasteiger partial charge in [-0.15, -0.1) is 0 Å². The van der Waals surface area contributed by atoms with Crippen molar-refractivity contribution in [3.63, 3.8) is 0 Å². The lowest BCUT2D eigenvalue weighted by Gasteiger charge is -2.23. The van der Waals surface area contributed by atoms with Crippen molar-refractivity contribution in [2.45, 2.75) is 32.2 Å². The molecule has 1 aliphatic heterocycles. The van der Waals surface area contributed by atoms with Crippen molar-refractivity contribution in [1.82, 2.24) is 5.32 Å². The Labute approximate surface area is 109 Å². The molecule has 1 atom stereocenters. The van der Waals surface area contributed by atoms with Gasteiger partial charge >= 0.3 is 0 Å². The maximum Gasteiger partial charge on any atom is 0.275 e. The van der Waals surface area contributed by atoms with E-state index in [9.17, 15) is 4.79 Å². The first-order valence-corrected chi connectivity index (χ1v) is 6.93. The highest BCUT2D eigenvalue weighted by Crippen LogP contribution is 2.10. The van der Waals surface area contributed by atoms with E-state index in [1.54, 1.807) is 0 Å². The maximum atomic E-state index is 12.0. The lowest BCUT2D eigenvalue weighted by molar-refractivity contribution is -0.896. The van der Waals surface area contributed by atoms with Crippen LogP contribution in [0.1, 0.15) is 37.8 Å². The van der Waals surface area contributed by atoms with Crippen molar-refractivity contribution < 1.29 is 9.69 Å². The highest BCUT2D eigenvalue weighted by Gasteiger charge is 2.18. The lowest BCUT2D eigenvalue weighted by Crippen LogP contribution is -3.13. The van der Waals surface area contributed by atoms with Gasteiger partial charge in [0.2, 0.25) is 0 Å². The van der Waals surface area contributed by atoms with Crippen LogP contribution in [0.4, 0.5) is 0 Å². The van der Waals surface area contributed by atoms with Gasteiger partial charge in [0.1, 0.15) is 0 Å². The summed E-state index contributed by atoms with van der Waals surface area (Å²) in [5, 5.41) is 3.08. The van der Waals surface area contributed by atoms with Crippen molar-refractivity contribution in [2.24, 2.45) is 0 Å². The molecule has 1 amide bonds. The van der Waals surface area contributed by atoms with Crippen molar-refractivity contribution in [3.8, 4) is 0 Å². The smallest absolute Gasteiger partial charge is 0.275 e. The number of nitrogens with one attached hydrogen (secondary N) is 2. The molecule has 0 saturated carbocycles. The quantitative estimate of drug-likeness (QED) is 0.815. The number of quaternary nitrogens is 1. The highest BCUT2D eigenvalue weighted by molar-refractivity contribution is 5.77. The number of likely N-dealkylation sites (tertiary alicyclic amines) is 1. The van der Waals surface area contributed by atoms with E-state index in [0.717, 1.165) is 13.1 Å². The van der Waals surface area contributed by atoms with Crippen LogP contribution in [0.15, 0.2) is 30.3 Å². The number of piperidine rings is 1. The van der Waals surface area contributed by atoms with Crippen LogP contribution in [0.25, 0.3) is 0 Å². The Bertz CT molecular complexity index is 371. The molecule has 0 aromatic heterocycles. The summed E-state index contributed by atoms with van der Waals surface area (Å²) in [6.45, 7) is 4.95. The third-order valence-electron chi connectivity index (χ3n) is 3.65. The van der Waals surface area contributed by atoms with Gasteiger partial charge in [-0.3, -0.25) is 4.79 Å². The zero-order valence-electron chi connectivity index (χ0n) is 11.1.